The van der Waals surface area contributed by atoms with Crippen LogP contribution in [0.3, 0.4) is 0 Å². The van der Waals surface area contributed by atoms with Gasteiger partial charge in [0.1, 0.15) is 0 Å². The largest absolute Gasteiger partial charge is 0.493 e. The Labute approximate surface area is 149 Å². The molecule has 0 fully saturated rings. The molecule has 0 aliphatic heterocycles. The smallest absolute Gasteiger partial charge is 0.255 e. The van der Waals surface area contributed by atoms with E-state index in [0.717, 1.165) is 25.7 Å². The van der Waals surface area contributed by atoms with Gasteiger partial charge in [0.2, 0.25) is 5.91 Å². The molecular formula is C18H29N3O4. The number of hydrogen-bond acceptors (Lipinski definition) is 5. The fourth-order valence-corrected chi connectivity index (χ4v) is 2.40. The molecule has 0 heterocycles. The Balaban J connectivity index is 2.91. The average molecular weight is 351 g/mol. The van der Waals surface area contributed by atoms with Crippen LogP contribution in [0.15, 0.2) is 12.1 Å². The minimum Gasteiger partial charge on any atom is -0.493 e. The minimum atomic E-state index is -0.223. The van der Waals surface area contributed by atoms with Crippen LogP contribution in [0.5, 0.6) is 11.5 Å². The van der Waals surface area contributed by atoms with E-state index in [1.54, 1.807) is 26.2 Å². The summed E-state index contributed by atoms with van der Waals surface area (Å²) in [5.74, 6) is 0.538. The van der Waals surface area contributed by atoms with Crippen molar-refractivity contribution in [3.63, 3.8) is 0 Å². The molecule has 2 amide bonds. The lowest BCUT2D eigenvalue weighted by atomic mass is 10.1. The zero-order valence-electron chi connectivity index (χ0n) is 15.6. The maximum atomic E-state index is 12.4. The molecule has 3 N–H and O–H groups in total. The molecule has 0 saturated heterocycles. The maximum Gasteiger partial charge on any atom is 0.255 e. The predicted molar refractivity (Wildman–Crippen MR) is 98.3 cm³/mol. The van der Waals surface area contributed by atoms with E-state index in [1.807, 2.05) is 0 Å². The maximum absolute atomic E-state index is 12.4. The molecule has 0 radical (unpaired) electrons. The summed E-state index contributed by atoms with van der Waals surface area (Å²) in [6, 6.07) is 3.19. The Morgan fingerprint density at radius 3 is 2.20 bits per heavy atom. The van der Waals surface area contributed by atoms with E-state index in [9.17, 15) is 9.59 Å². The van der Waals surface area contributed by atoms with Gasteiger partial charge >= 0.3 is 0 Å². The summed E-state index contributed by atoms with van der Waals surface area (Å²) in [5.41, 5.74) is 6.24. The summed E-state index contributed by atoms with van der Waals surface area (Å²) in [7, 11) is 6.32. The van der Waals surface area contributed by atoms with Gasteiger partial charge in [-0.3, -0.25) is 9.59 Å². The van der Waals surface area contributed by atoms with E-state index in [0.29, 0.717) is 35.7 Å². The highest BCUT2D eigenvalue weighted by molar-refractivity contribution is 6.04. The molecule has 0 aliphatic carbocycles. The molecule has 7 nitrogen and oxygen atoms in total. The first-order valence-corrected chi connectivity index (χ1v) is 8.42. The van der Waals surface area contributed by atoms with E-state index >= 15 is 0 Å². The Morgan fingerprint density at radius 1 is 1.04 bits per heavy atom. The Bertz CT molecular complexity index is 588. The highest BCUT2D eigenvalue weighted by Crippen LogP contribution is 2.34. The third kappa shape index (κ3) is 6.26. The van der Waals surface area contributed by atoms with Crippen LogP contribution in [0.2, 0.25) is 0 Å². The molecule has 1 aromatic rings. The number of benzene rings is 1. The predicted octanol–water partition coefficient (Wildman–Crippen LogP) is 2.25. The quantitative estimate of drug-likeness (QED) is 0.631. The van der Waals surface area contributed by atoms with Crippen molar-refractivity contribution < 1.29 is 19.1 Å². The van der Waals surface area contributed by atoms with Gasteiger partial charge in [-0.1, -0.05) is 12.8 Å². The number of amides is 2. The molecule has 0 aromatic heterocycles. The summed E-state index contributed by atoms with van der Waals surface area (Å²) in [5, 5.41) is 2.82. The summed E-state index contributed by atoms with van der Waals surface area (Å²) >= 11 is 0. The fraction of sp³-hybridized carbons (Fsp3) is 0.556. The number of ether oxygens (including phenoxy) is 2. The van der Waals surface area contributed by atoms with Gasteiger partial charge in [0.05, 0.1) is 25.5 Å². The summed E-state index contributed by atoms with van der Waals surface area (Å²) < 4.78 is 10.5. The van der Waals surface area contributed by atoms with Gasteiger partial charge in [-0.2, -0.15) is 0 Å². The number of carbonyl (C=O) groups excluding carboxylic acids is 2. The van der Waals surface area contributed by atoms with Crippen LogP contribution in [0.4, 0.5) is 5.69 Å². The highest BCUT2D eigenvalue weighted by atomic mass is 16.5. The standard InChI is InChI=1S/C18H29N3O4/c1-21(2)18(23)13-11-15(24-3)16(25-4)12-14(13)20-17(22)9-7-5-6-8-10-19/h11-12H,5-10,19H2,1-4H3,(H,20,22). The first-order valence-electron chi connectivity index (χ1n) is 8.42. The number of unbranched alkanes of at least 4 members (excludes halogenated alkanes) is 3. The first kappa shape index (κ1) is 20.8. The summed E-state index contributed by atoms with van der Waals surface area (Å²) in [4.78, 5) is 26.1. The van der Waals surface area contributed by atoms with Crippen LogP contribution in [0.25, 0.3) is 0 Å². The van der Waals surface area contributed by atoms with E-state index in [4.69, 9.17) is 15.2 Å². The zero-order chi connectivity index (χ0) is 18.8. The van der Waals surface area contributed by atoms with Gasteiger partial charge in [0, 0.05) is 26.6 Å². The Hall–Kier alpha value is -2.28. The monoisotopic (exact) mass is 351 g/mol. The van der Waals surface area contributed by atoms with E-state index < -0.39 is 0 Å². The zero-order valence-corrected chi connectivity index (χ0v) is 15.6. The van der Waals surface area contributed by atoms with Crippen molar-refractivity contribution >= 4 is 17.5 Å². The lowest BCUT2D eigenvalue weighted by molar-refractivity contribution is -0.116. The van der Waals surface area contributed by atoms with Crippen molar-refractivity contribution in [1.82, 2.24) is 4.90 Å². The number of hydrogen-bond donors (Lipinski definition) is 2. The van der Waals surface area contributed by atoms with Crippen LogP contribution in [-0.4, -0.2) is 51.6 Å². The van der Waals surface area contributed by atoms with Gasteiger partial charge < -0.3 is 25.4 Å². The fourth-order valence-electron chi connectivity index (χ4n) is 2.40. The van der Waals surface area contributed by atoms with Crippen molar-refractivity contribution in [3.05, 3.63) is 17.7 Å². The van der Waals surface area contributed by atoms with Gasteiger partial charge in [0.25, 0.3) is 5.91 Å². The van der Waals surface area contributed by atoms with Crippen molar-refractivity contribution in [2.24, 2.45) is 5.73 Å². The van der Waals surface area contributed by atoms with Crippen LogP contribution >= 0.6 is 0 Å². The number of nitrogens with two attached hydrogens (primary N) is 1. The summed E-state index contributed by atoms with van der Waals surface area (Å²) in [6.45, 7) is 0.674. The third-order valence-electron chi connectivity index (χ3n) is 3.79. The molecule has 0 bridgehead atoms. The molecule has 1 aromatic carbocycles. The molecule has 0 spiro atoms. The first-order chi connectivity index (χ1) is 11.9. The SMILES string of the molecule is COc1cc(NC(=O)CCCCCCN)c(C(=O)N(C)C)cc1OC. The number of methoxy groups -OCH3 is 2. The Kier molecular flexibility index (Phi) is 8.77. The van der Waals surface area contributed by atoms with Gasteiger partial charge in [-0.05, 0) is 25.5 Å². The molecule has 0 aliphatic rings. The number of nitrogens with one attached hydrogen (secondary N) is 1. The molecular weight excluding hydrogens is 322 g/mol. The highest BCUT2D eigenvalue weighted by Gasteiger charge is 2.19. The topological polar surface area (TPSA) is 93.9 Å². The van der Waals surface area contributed by atoms with Crippen molar-refractivity contribution in [1.29, 1.82) is 0 Å². The van der Waals surface area contributed by atoms with E-state index in [2.05, 4.69) is 5.32 Å². The lowest BCUT2D eigenvalue weighted by Gasteiger charge is -2.18. The molecule has 140 valence electrons. The van der Waals surface area contributed by atoms with E-state index in [-0.39, 0.29) is 11.8 Å². The van der Waals surface area contributed by atoms with Crippen molar-refractivity contribution in [3.8, 4) is 11.5 Å². The minimum absolute atomic E-state index is 0.132. The molecule has 0 saturated carbocycles. The van der Waals surface area contributed by atoms with Gasteiger partial charge in [0.15, 0.2) is 11.5 Å². The van der Waals surface area contributed by atoms with Crippen LogP contribution < -0.4 is 20.5 Å². The third-order valence-corrected chi connectivity index (χ3v) is 3.79. The number of nitrogens with zero attached hydrogens (tertiary/aromatic N) is 1. The summed E-state index contributed by atoms with van der Waals surface area (Å²) in [6.07, 6.45) is 4.13. The van der Waals surface area contributed by atoms with Crippen LogP contribution in [-0.2, 0) is 4.79 Å². The van der Waals surface area contributed by atoms with Crippen LogP contribution in [0.1, 0.15) is 42.5 Å². The van der Waals surface area contributed by atoms with Crippen molar-refractivity contribution in [2.75, 3.05) is 40.2 Å². The second kappa shape index (κ2) is 10.6. The lowest BCUT2D eigenvalue weighted by Crippen LogP contribution is -2.24. The van der Waals surface area contributed by atoms with Crippen LogP contribution in [0, 0.1) is 0 Å². The molecule has 1 rings (SSSR count). The normalized spacial score (nSPS) is 10.3. The second-order valence-electron chi connectivity index (χ2n) is 5.95. The molecule has 0 unspecified atom stereocenters. The van der Waals surface area contributed by atoms with Crippen molar-refractivity contribution in [2.45, 2.75) is 32.1 Å². The molecule has 7 heteroatoms. The van der Waals surface area contributed by atoms with Gasteiger partial charge in [-0.25, -0.2) is 0 Å². The Morgan fingerprint density at radius 2 is 1.64 bits per heavy atom. The van der Waals surface area contributed by atoms with Gasteiger partial charge in [-0.15, -0.1) is 0 Å². The second-order valence-corrected chi connectivity index (χ2v) is 5.95. The molecule has 0 atom stereocenters. The average Bonchev–Trinajstić information content (AvgIpc) is 2.60. The molecule has 25 heavy (non-hydrogen) atoms. The van der Waals surface area contributed by atoms with E-state index in [1.165, 1.54) is 19.1 Å². The number of rotatable bonds is 10. The number of anilines is 1. The number of carbonyl (C=O) groups is 2.